The van der Waals surface area contributed by atoms with E-state index in [1.165, 1.54) is 18.4 Å². The molecule has 98 valence electrons. The van der Waals surface area contributed by atoms with Gasteiger partial charge in [-0.05, 0) is 35.7 Å². The third kappa shape index (κ3) is 6.50. The third-order valence-electron chi connectivity index (χ3n) is 2.74. The molecule has 17 heavy (non-hydrogen) atoms. The molecule has 0 N–H and O–H groups in total. The first-order valence-electron chi connectivity index (χ1n) is 6.67. The molecule has 2 nitrogen and oxygen atoms in total. The highest BCUT2D eigenvalue weighted by molar-refractivity contribution is 5.06. The maximum atomic E-state index is 4.44. The van der Waals surface area contributed by atoms with Crippen LogP contribution in [-0.2, 0) is 13.0 Å². The molecule has 0 fully saturated rings. The van der Waals surface area contributed by atoms with Crippen molar-refractivity contribution in [3.63, 3.8) is 0 Å². The van der Waals surface area contributed by atoms with Gasteiger partial charge in [0.1, 0.15) is 0 Å². The minimum atomic E-state index is 0.347. The van der Waals surface area contributed by atoms with Crippen LogP contribution < -0.4 is 0 Å². The van der Waals surface area contributed by atoms with Crippen molar-refractivity contribution in [3.8, 4) is 0 Å². The summed E-state index contributed by atoms with van der Waals surface area (Å²) < 4.78 is 2.09. The predicted molar refractivity (Wildman–Crippen MR) is 74.1 cm³/mol. The Hall–Kier alpha value is -0.790. The van der Waals surface area contributed by atoms with Gasteiger partial charge in [0.05, 0.1) is 6.20 Å². The van der Waals surface area contributed by atoms with Crippen molar-refractivity contribution < 1.29 is 0 Å². The molecule has 0 radical (unpaired) electrons. The van der Waals surface area contributed by atoms with Crippen molar-refractivity contribution >= 4 is 0 Å². The molecule has 0 aliphatic rings. The van der Waals surface area contributed by atoms with E-state index >= 15 is 0 Å². The second-order valence-corrected chi connectivity index (χ2v) is 7.51. The fraction of sp³-hybridized carbons (Fsp3) is 0.800. The summed E-state index contributed by atoms with van der Waals surface area (Å²) >= 11 is 0. The van der Waals surface area contributed by atoms with E-state index in [0.717, 1.165) is 13.0 Å². The average Bonchev–Trinajstić information content (AvgIpc) is 2.46. The van der Waals surface area contributed by atoms with Gasteiger partial charge in [0.25, 0.3) is 0 Å². The molecule has 0 bridgehead atoms. The van der Waals surface area contributed by atoms with Crippen LogP contribution in [0.15, 0.2) is 12.4 Å². The highest BCUT2D eigenvalue weighted by Gasteiger charge is 2.13. The first kappa shape index (κ1) is 14.3. The first-order chi connectivity index (χ1) is 7.66. The molecule has 1 aromatic heterocycles. The van der Waals surface area contributed by atoms with Crippen molar-refractivity contribution in [1.29, 1.82) is 0 Å². The minimum absolute atomic E-state index is 0.347. The van der Waals surface area contributed by atoms with Gasteiger partial charge in [-0.3, -0.25) is 4.68 Å². The summed E-state index contributed by atoms with van der Waals surface area (Å²) in [6, 6.07) is 0. The summed E-state index contributed by atoms with van der Waals surface area (Å²) in [6.07, 6.45) is 7.78. The van der Waals surface area contributed by atoms with Gasteiger partial charge in [-0.15, -0.1) is 0 Å². The summed E-state index contributed by atoms with van der Waals surface area (Å²) in [7, 11) is 0. The standard InChI is InChI=1S/C15H28N2/c1-14(2,3)8-7-9-17-12-13(11-16-17)10-15(4,5)6/h11-12H,7-10H2,1-6H3. The quantitative estimate of drug-likeness (QED) is 0.762. The van der Waals surface area contributed by atoms with E-state index in [1.54, 1.807) is 0 Å². The molecular weight excluding hydrogens is 208 g/mol. The van der Waals surface area contributed by atoms with Crippen LogP contribution in [0.25, 0.3) is 0 Å². The number of aryl methyl sites for hydroxylation is 1. The molecule has 0 aliphatic carbocycles. The van der Waals surface area contributed by atoms with Crippen LogP contribution in [0.4, 0.5) is 0 Å². The van der Waals surface area contributed by atoms with E-state index in [0.29, 0.717) is 10.8 Å². The molecule has 0 aromatic carbocycles. The smallest absolute Gasteiger partial charge is 0.0521 e. The Balaban J connectivity index is 2.41. The normalized spacial score (nSPS) is 13.1. The fourth-order valence-corrected chi connectivity index (χ4v) is 2.00. The zero-order chi connectivity index (χ0) is 13.1. The highest BCUT2D eigenvalue weighted by atomic mass is 15.3. The summed E-state index contributed by atoms with van der Waals surface area (Å²) in [5.41, 5.74) is 2.13. The van der Waals surface area contributed by atoms with Crippen LogP contribution in [0, 0.1) is 10.8 Å². The Morgan fingerprint density at radius 3 is 2.24 bits per heavy atom. The number of nitrogens with zero attached hydrogens (tertiary/aromatic N) is 2. The van der Waals surface area contributed by atoms with E-state index in [2.05, 4.69) is 57.5 Å². The molecule has 2 heteroatoms. The maximum absolute atomic E-state index is 4.44. The molecule has 0 saturated heterocycles. The number of hydrogen-bond acceptors (Lipinski definition) is 1. The summed E-state index contributed by atoms with van der Waals surface area (Å²) in [5, 5.41) is 4.44. The van der Waals surface area contributed by atoms with E-state index in [9.17, 15) is 0 Å². The number of hydrogen-bond donors (Lipinski definition) is 0. The number of aromatic nitrogens is 2. The topological polar surface area (TPSA) is 17.8 Å². The van der Waals surface area contributed by atoms with Crippen LogP contribution in [0.5, 0.6) is 0 Å². The molecule has 0 spiro atoms. The van der Waals surface area contributed by atoms with Gasteiger partial charge in [-0.25, -0.2) is 0 Å². The van der Waals surface area contributed by atoms with E-state index in [4.69, 9.17) is 0 Å². The van der Waals surface area contributed by atoms with Crippen LogP contribution in [0.1, 0.15) is 59.9 Å². The monoisotopic (exact) mass is 236 g/mol. The number of rotatable bonds is 4. The molecule has 0 amide bonds. The van der Waals surface area contributed by atoms with Crippen LogP contribution in [-0.4, -0.2) is 9.78 Å². The lowest BCUT2D eigenvalue weighted by Gasteiger charge is -2.17. The largest absolute Gasteiger partial charge is 0.272 e. The lowest BCUT2D eigenvalue weighted by Crippen LogP contribution is -2.09. The van der Waals surface area contributed by atoms with Crippen molar-refractivity contribution in [3.05, 3.63) is 18.0 Å². The Kier molecular flexibility index (Phi) is 4.40. The van der Waals surface area contributed by atoms with Crippen LogP contribution in [0.3, 0.4) is 0 Å². The first-order valence-corrected chi connectivity index (χ1v) is 6.67. The average molecular weight is 236 g/mol. The maximum Gasteiger partial charge on any atom is 0.0521 e. The lowest BCUT2D eigenvalue weighted by atomic mass is 9.89. The molecular formula is C15H28N2. The summed E-state index contributed by atoms with van der Waals surface area (Å²) in [4.78, 5) is 0. The molecule has 0 aliphatic heterocycles. The Morgan fingerprint density at radius 1 is 1.06 bits per heavy atom. The molecule has 0 unspecified atom stereocenters. The second-order valence-electron chi connectivity index (χ2n) is 7.51. The zero-order valence-electron chi connectivity index (χ0n) is 12.4. The van der Waals surface area contributed by atoms with E-state index < -0.39 is 0 Å². The second kappa shape index (κ2) is 5.24. The fourth-order valence-electron chi connectivity index (χ4n) is 2.00. The van der Waals surface area contributed by atoms with Gasteiger partial charge < -0.3 is 0 Å². The zero-order valence-corrected chi connectivity index (χ0v) is 12.4. The molecule has 0 atom stereocenters. The van der Waals surface area contributed by atoms with Crippen LogP contribution >= 0.6 is 0 Å². The van der Waals surface area contributed by atoms with Gasteiger partial charge in [0.2, 0.25) is 0 Å². The summed E-state index contributed by atoms with van der Waals surface area (Å²) in [5.74, 6) is 0. The van der Waals surface area contributed by atoms with E-state index in [1.807, 2.05) is 6.20 Å². The Labute approximate surface area is 106 Å². The van der Waals surface area contributed by atoms with E-state index in [-0.39, 0.29) is 0 Å². The van der Waals surface area contributed by atoms with Gasteiger partial charge in [0, 0.05) is 12.7 Å². The SMILES string of the molecule is CC(C)(C)CCCn1cc(CC(C)(C)C)cn1. The third-order valence-corrected chi connectivity index (χ3v) is 2.74. The van der Waals surface area contributed by atoms with Gasteiger partial charge >= 0.3 is 0 Å². The minimum Gasteiger partial charge on any atom is -0.272 e. The Bertz CT molecular complexity index is 337. The molecule has 1 heterocycles. The van der Waals surface area contributed by atoms with Crippen LogP contribution in [0.2, 0.25) is 0 Å². The lowest BCUT2D eigenvalue weighted by molar-refractivity contribution is 0.349. The van der Waals surface area contributed by atoms with Gasteiger partial charge in [-0.1, -0.05) is 41.5 Å². The van der Waals surface area contributed by atoms with Crippen molar-refractivity contribution in [2.24, 2.45) is 10.8 Å². The Morgan fingerprint density at radius 2 is 1.71 bits per heavy atom. The molecule has 0 saturated carbocycles. The summed E-state index contributed by atoms with van der Waals surface area (Å²) in [6.45, 7) is 14.7. The van der Waals surface area contributed by atoms with Crippen molar-refractivity contribution in [1.82, 2.24) is 9.78 Å². The van der Waals surface area contributed by atoms with Crippen molar-refractivity contribution in [2.45, 2.75) is 67.3 Å². The molecule has 1 aromatic rings. The predicted octanol–water partition coefficient (Wildman–Crippen LogP) is 4.30. The van der Waals surface area contributed by atoms with Gasteiger partial charge in [-0.2, -0.15) is 5.10 Å². The molecule has 1 rings (SSSR count). The van der Waals surface area contributed by atoms with Crippen molar-refractivity contribution in [2.75, 3.05) is 0 Å². The van der Waals surface area contributed by atoms with Gasteiger partial charge in [0.15, 0.2) is 0 Å². The highest BCUT2D eigenvalue weighted by Crippen LogP contribution is 2.22.